The number of nitro groups is 1. The Morgan fingerprint density at radius 2 is 1.80 bits per heavy atom. The topological polar surface area (TPSA) is 110 Å². The number of aryl methyl sites for hydroxylation is 1. The molecule has 8 nitrogen and oxygen atoms in total. The number of nitro benzene ring substituents is 1. The quantitative estimate of drug-likeness (QED) is 0.508. The van der Waals surface area contributed by atoms with E-state index in [9.17, 15) is 23.3 Å². The summed E-state index contributed by atoms with van der Waals surface area (Å²) in [5.41, 5.74) is 0.767. The van der Waals surface area contributed by atoms with Crippen molar-refractivity contribution in [3.05, 3.63) is 69.8 Å². The van der Waals surface area contributed by atoms with E-state index in [0.717, 1.165) is 16.1 Å². The van der Waals surface area contributed by atoms with Crippen molar-refractivity contribution in [1.82, 2.24) is 5.32 Å². The fraction of sp³-hybridized carbons (Fsp3) is 0.381. The summed E-state index contributed by atoms with van der Waals surface area (Å²) in [6.07, 6.45) is 1.53. The summed E-state index contributed by atoms with van der Waals surface area (Å²) < 4.78 is 26.0. The number of non-ortho nitro benzene ring substituents is 1. The molecule has 1 atom stereocenters. The van der Waals surface area contributed by atoms with Crippen molar-refractivity contribution in [2.45, 2.75) is 45.7 Å². The molecule has 1 amide bonds. The fourth-order valence-electron chi connectivity index (χ4n) is 3.32. The molecular formula is C21H27N3O5S. The van der Waals surface area contributed by atoms with Gasteiger partial charge in [0.25, 0.3) is 5.69 Å². The van der Waals surface area contributed by atoms with E-state index in [1.165, 1.54) is 25.1 Å². The lowest BCUT2D eigenvalue weighted by Gasteiger charge is -2.33. The van der Waals surface area contributed by atoms with Crippen molar-refractivity contribution in [3.8, 4) is 0 Å². The largest absolute Gasteiger partial charge is 0.349 e. The molecule has 0 saturated heterocycles. The van der Waals surface area contributed by atoms with Gasteiger partial charge in [0, 0.05) is 17.7 Å². The zero-order valence-electron chi connectivity index (χ0n) is 17.7. The molecule has 1 N–H and O–H groups in total. The van der Waals surface area contributed by atoms with E-state index in [0.29, 0.717) is 12.0 Å². The van der Waals surface area contributed by atoms with Crippen LogP contribution in [-0.4, -0.2) is 37.1 Å². The third-order valence-electron chi connectivity index (χ3n) is 4.68. The molecule has 9 heteroatoms. The zero-order valence-corrected chi connectivity index (χ0v) is 18.6. The van der Waals surface area contributed by atoms with Crippen LogP contribution < -0.4 is 9.62 Å². The molecule has 0 fully saturated rings. The summed E-state index contributed by atoms with van der Waals surface area (Å²) in [6, 6.07) is 12.5. The molecule has 2 rings (SSSR count). The van der Waals surface area contributed by atoms with Crippen LogP contribution in [0, 0.1) is 17.0 Å². The Morgan fingerprint density at radius 1 is 1.20 bits per heavy atom. The molecule has 2 aromatic rings. The van der Waals surface area contributed by atoms with E-state index in [2.05, 4.69) is 5.32 Å². The van der Waals surface area contributed by atoms with Crippen LogP contribution in [0.15, 0.2) is 48.5 Å². The SMILES string of the molecule is Cc1ccc([N+](=O)[O-])cc1N([C@@H](C)C(=O)NC(C)(C)Cc1ccccc1)S(C)(=O)=O. The van der Waals surface area contributed by atoms with Gasteiger partial charge in [-0.1, -0.05) is 36.4 Å². The van der Waals surface area contributed by atoms with E-state index in [1.807, 2.05) is 44.2 Å². The number of sulfonamides is 1. The normalized spacial score (nSPS) is 12.8. The van der Waals surface area contributed by atoms with Gasteiger partial charge in [0.05, 0.1) is 16.9 Å². The van der Waals surface area contributed by atoms with Crippen LogP contribution in [0.2, 0.25) is 0 Å². The van der Waals surface area contributed by atoms with Crippen LogP contribution in [-0.2, 0) is 21.2 Å². The van der Waals surface area contributed by atoms with Gasteiger partial charge in [0.1, 0.15) is 6.04 Å². The number of carbonyl (C=O) groups excluding carboxylic acids is 1. The van der Waals surface area contributed by atoms with E-state index >= 15 is 0 Å². The van der Waals surface area contributed by atoms with Gasteiger partial charge >= 0.3 is 0 Å². The minimum absolute atomic E-state index is 0.107. The lowest BCUT2D eigenvalue weighted by atomic mass is 9.94. The van der Waals surface area contributed by atoms with Crippen LogP contribution in [0.25, 0.3) is 0 Å². The maximum atomic E-state index is 13.0. The summed E-state index contributed by atoms with van der Waals surface area (Å²) in [6.45, 7) is 6.82. The van der Waals surface area contributed by atoms with Crippen LogP contribution in [0.3, 0.4) is 0 Å². The summed E-state index contributed by atoms with van der Waals surface area (Å²) in [7, 11) is -3.89. The fourth-order valence-corrected chi connectivity index (χ4v) is 4.54. The first kappa shape index (κ1) is 23.3. The van der Waals surface area contributed by atoms with E-state index in [-0.39, 0.29) is 11.4 Å². The minimum Gasteiger partial charge on any atom is -0.349 e. The van der Waals surface area contributed by atoms with Crippen molar-refractivity contribution in [3.63, 3.8) is 0 Å². The maximum Gasteiger partial charge on any atom is 0.271 e. The second kappa shape index (κ2) is 8.83. The number of carbonyl (C=O) groups is 1. The molecule has 0 saturated carbocycles. The average molecular weight is 434 g/mol. The smallest absolute Gasteiger partial charge is 0.271 e. The monoisotopic (exact) mass is 433 g/mol. The summed E-state index contributed by atoms with van der Waals surface area (Å²) in [5, 5.41) is 14.1. The third-order valence-corrected chi connectivity index (χ3v) is 5.91. The third kappa shape index (κ3) is 5.79. The molecule has 0 unspecified atom stereocenters. The van der Waals surface area contributed by atoms with Gasteiger partial charge in [-0.05, 0) is 45.2 Å². The molecule has 0 aliphatic rings. The van der Waals surface area contributed by atoms with Crippen LogP contribution in [0.1, 0.15) is 31.9 Å². The predicted molar refractivity (Wildman–Crippen MR) is 117 cm³/mol. The average Bonchev–Trinajstić information content (AvgIpc) is 2.62. The van der Waals surface area contributed by atoms with Crippen LogP contribution >= 0.6 is 0 Å². The minimum atomic E-state index is -3.89. The van der Waals surface area contributed by atoms with Crippen molar-refractivity contribution < 1.29 is 18.1 Å². The Balaban J connectivity index is 2.34. The second-order valence-electron chi connectivity index (χ2n) is 8.00. The number of rotatable bonds is 8. The molecule has 0 heterocycles. The maximum absolute atomic E-state index is 13.0. The van der Waals surface area contributed by atoms with Gasteiger partial charge in [-0.25, -0.2) is 8.42 Å². The summed E-state index contributed by atoms with van der Waals surface area (Å²) in [4.78, 5) is 23.5. The number of hydrogen-bond acceptors (Lipinski definition) is 5. The molecule has 0 aliphatic heterocycles. The lowest BCUT2D eigenvalue weighted by molar-refractivity contribution is -0.384. The molecule has 0 aromatic heterocycles. The molecule has 0 spiro atoms. The molecule has 0 radical (unpaired) electrons. The van der Waals surface area contributed by atoms with E-state index in [1.54, 1.807) is 6.92 Å². The standard InChI is InChI=1S/C21H27N3O5S/c1-15-11-12-18(24(26)27)13-19(15)23(30(5,28)29)16(2)20(25)22-21(3,4)14-17-9-7-6-8-10-17/h6-13,16H,14H2,1-5H3,(H,22,25)/t16-/m0/s1. The molecule has 0 bridgehead atoms. The first-order chi connectivity index (χ1) is 13.8. The lowest BCUT2D eigenvalue weighted by Crippen LogP contribution is -2.54. The number of amides is 1. The molecule has 0 aliphatic carbocycles. The van der Waals surface area contributed by atoms with Crippen molar-refractivity contribution in [2.75, 3.05) is 10.6 Å². The van der Waals surface area contributed by atoms with Gasteiger partial charge in [0.2, 0.25) is 15.9 Å². The number of anilines is 1. The first-order valence-corrected chi connectivity index (χ1v) is 11.3. The second-order valence-corrected chi connectivity index (χ2v) is 9.86. The van der Waals surface area contributed by atoms with Gasteiger partial charge < -0.3 is 5.32 Å². The van der Waals surface area contributed by atoms with Gasteiger partial charge in [-0.3, -0.25) is 19.2 Å². The van der Waals surface area contributed by atoms with Crippen LogP contribution in [0.4, 0.5) is 11.4 Å². The van der Waals surface area contributed by atoms with E-state index in [4.69, 9.17) is 0 Å². The van der Waals surface area contributed by atoms with Gasteiger partial charge in [0.15, 0.2) is 0 Å². The number of nitrogens with one attached hydrogen (secondary N) is 1. The number of benzene rings is 2. The Morgan fingerprint density at radius 3 is 2.33 bits per heavy atom. The number of nitrogens with zero attached hydrogens (tertiary/aromatic N) is 2. The van der Waals surface area contributed by atoms with Crippen LogP contribution in [0.5, 0.6) is 0 Å². The summed E-state index contributed by atoms with van der Waals surface area (Å²) >= 11 is 0. The van der Waals surface area contributed by atoms with Gasteiger partial charge in [-0.2, -0.15) is 0 Å². The molecule has 2 aromatic carbocycles. The highest BCUT2D eigenvalue weighted by Crippen LogP contribution is 2.29. The Kier molecular flexibility index (Phi) is 6.87. The molecule has 162 valence electrons. The Labute approximate surface area is 177 Å². The van der Waals surface area contributed by atoms with Crippen molar-refractivity contribution in [2.24, 2.45) is 0 Å². The summed E-state index contributed by atoms with van der Waals surface area (Å²) in [5.74, 6) is -0.493. The first-order valence-electron chi connectivity index (χ1n) is 9.42. The number of hydrogen-bond donors (Lipinski definition) is 1. The molecule has 30 heavy (non-hydrogen) atoms. The highest BCUT2D eigenvalue weighted by Gasteiger charge is 2.33. The van der Waals surface area contributed by atoms with Gasteiger partial charge in [-0.15, -0.1) is 0 Å². The molecular weight excluding hydrogens is 406 g/mol. The highest BCUT2D eigenvalue weighted by atomic mass is 32.2. The zero-order chi connectivity index (χ0) is 22.7. The Bertz CT molecular complexity index is 1040. The van der Waals surface area contributed by atoms with Crippen molar-refractivity contribution in [1.29, 1.82) is 0 Å². The van der Waals surface area contributed by atoms with E-state index < -0.39 is 32.4 Å². The Hall–Kier alpha value is -2.94. The predicted octanol–water partition coefficient (Wildman–Crippen LogP) is 3.20. The highest BCUT2D eigenvalue weighted by molar-refractivity contribution is 7.92. The van der Waals surface area contributed by atoms with Crippen molar-refractivity contribution >= 4 is 27.3 Å².